The molecule has 1 aliphatic heterocycles. The Morgan fingerprint density at radius 3 is 2.68 bits per heavy atom. The minimum Gasteiger partial charge on any atom is -0.336 e. The number of hydrogen-bond acceptors (Lipinski definition) is 2. The average molecular weight is 268 g/mol. The summed E-state index contributed by atoms with van der Waals surface area (Å²) in [5.41, 5.74) is 5.81. The van der Waals surface area contributed by atoms with E-state index >= 15 is 0 Å². The molecule has 1 fully saturated rings. The van der Waals surface area contributed by atoms with Crippen molar-refractivity contribution in [3.05, 3.63) is 34.9 Å². The SMILES string of the molecule is Cc1cc(C(=O)N2CC(CN)CC2C)c(F)cc1F. The molecule has 1 aromatic rings. The molecule has 1 aliphatic rings. The van der Waals surface area contributed by atoms with Crippen LogP contribution in [0.1, 0.15) is 29.3 Å². The maximum Gasteiger partial charge on any atom is 0.257 e. The number of hydrogen-bond donors (Lipinski definition) is 1. The Kier molecular flexibility index (Phi) is 3.85. The van der Waals surface area contributed by atoms with Crippen molar-refractivity contribution in [2.75, 3.05) is 13.1 Å². The first-order valence-corrected chi connectivity index (χ1v) is 6.40. The maximum atomic E-state index is 13.7. The van der Waals surface area contributed by atoms with Gasteiger partial charge in [-0.25, -0.2) is 8.78 Å². The average Bonchev–Trinajstić information content (AvgIpc) is 2.74. The molecule has 0 saturated carbocycles. The first kappa shape index (κ1) is 13.9. The van der Waals surface area contributed by atoms with Gasteiger partial charge in [0.05, 0.1) is 5.56 Å². The molecular weight excluding hydrogens is 250 g/mol. The lowest BCUT2D eigenvalue weighted by atomic mass is 10.1. The van der Waals surface area contributed by atoms with Crippen LogP contribution in [0.4, 0.5) is 8.78 Å². The second-order valence-corrected chi connectivity index (χ2v) is 5.23. The van der Waals surface area contributed by atoms with Gasteiger partial charge in [0.25, 0.3) is 5.91 Å². The van der Waals surface area contributed by atoms with Gasteiger partial charge in [-0.2, -0.15) is 0 Å². The van der Waals surface area contributed by atoms with E-state index in [-0.39, 0.29) is 29.0 Å². The van der Waals surface area contributed by atoms with Crippen LogP contribution in [0, 0.1) is 24.5 Å². The molecule has 2 N–H and O–H groups in total. The lowest BCUT2D eigenvalue weighted by Gasteiger charge is -2.22. The highest BCUT2D eigenvalue weighted by Gasteiger charge is 2.33. The van der Waals surface area contributed by atoms with E-state index in [0.717, 1.165) is 12.5 Å². The molecule has 19 heavy (non-hydrogen) atoms. The van der Waals surface area contributed by atoms with Crippen molar-refractivity contribution >= 4 is 5.91 Å². The van der Waals surface area contributed by atoms with Crippen molar-refractivity contribution < 1.29 is 13.6 Å². The molecule has 104 valence electrons. The first-order chi connectivity index (χ1) is 8.93. The molecule has 0 aromatic heterocycles. The highest BCUT2D eigenvalue weighted by Crippen LogP contribution is 2.25. The van der Waals surface area contributed by atoms with Crippen LogP contribution in [-0.2, 0) is 0 Å². The fourth-order valence-corrected chi connectivity index (χ4v) is 2.57. The van der Waals surface area contributed by atoms with Crippen LogP contribution in [-0.4, -0.2) is 29.9 Å². The monoisotopic (exact) mass is 268 g/mol. The Labute approximate surface area is 111 Å². The van der Waals surface area contributed by atoms with Crippen LogP contribution in [0.2, 0.25) is 0 Å². The number of carbonyl (C=O) groups excluding carboxylic acids is 1. The first-order valence-electron chi connectivity index (χ1n) is 6.40. The summed E-state index contributed by atoms with van der Waals surface area (Å²) in [6.45, 7) is 4.48. The van der Waals surface area contributed by atoms with E-state index in [1.807, 2.05) is 6.92 Å². The largest absolute Gasteiger partial charge is 0.336 e. The van der Waals surface area contributed by atoms with Gasteiger partial charge in [0, 0.05) is 18.7 Å². The molecule has 0 spiro atoms. The van der Waals surface area contributed by atoms with Crippen LogP contribution >= 0.6 is 0 Å². The summed E-state index contributed by atoms with van der Waals surface area (Å²) < 4.78 is 26.9. The normalized spacial score (nSPS) is 22.9. The number of benzene rings is 1. The van der Waals surface area contributed by atoms with Crippen LogP contribution in [0.15, 0.2) is 12.1 Å². The van der Waals surface area contributed by atoms with Gasteiger partial charge in [-0.15, -0.1) is 0 Å². The topological polar surface area (TPSA) is 46.3 Å². The van der Waals surface area contributed by atoms with Crippen molar-refractivity contribution in [3.8, 4) is 0 Å². The third kappa shape index (κ3) is 2.61. The lowest BCUT2D eigenvalue weighted by Crippen LogP contribution is -2.35. The second-order valence-electron chi connectivity index (χ2n) is 5.23. The quantitative estimate of drug-likeness (QED) is 0.892. The van der Waals surface area contributed by atoms with E-state index in [9.17, 15) is 13.6 Å². The Balaban J connectivity index is 2.27. The molecule has 2 atom stereocenters. The van der Waals surface area contributed by atoms with Gasteiger partial charge in [0.1, 0.15) is 11.6 Å². The number of nitrogens with zero attached hydrogens (tertiary/aromatic N) is 1. The van der Waals surface area contributed by atoms with Crippen molar-refractivity contribution in [2.45, 2.75) is 26.3 Å². The van der Waals surface area contributed by atoms with Crippen molar-refractivity contribution in [2.24, 2.45) is 11.7 Å². The number of amides is 1. The molecule has 1 aromatic carbocycles. The maximum absolute atomic E-state index is 13.7. The molecule has 1 amide bonds. The summed E-state index contributed by atoms with van der Waals surface area (Å²) in [6.07, 6.45) is 0.823. The molecule has 0 radical (unpaired) electrons. The zero-order valence-electron chi connectivity index (χ0n) is 11.1. The number of carbonyl (C=O) groups is 1. The lowest BCUT2D eigenvalue weighted by molar-refractivity contribution is 0.0738. The zero-order chi connectivity index (χ0) is 14.2. The summed E-state index contributed by atoms with van der Waals surface area (Å²) in [5, 5.41) is 0. The fraction of sp³-hybridized carbons (Fsp3) is 0.500. The Morgan fingerprint density at radius 2 is 2.11 bits per heavy atom. The molecule has 1 heterocycles. The molecule has 5 heteroatoms. The zero-order valence-corrected chi connectivity index (χ0v) is 11.1. The van der Waals surface area contributed by atoms with Crippen LogP contribution in [0.25, 0.3) is 0 Å². The summed E-state index contributed by atoms with van der Waals surface area (Å²) in [6, 6.07) is 2.07. The minimum absolute atomic E-state index is 0.0332. The van der Waals surface area contributed by atoms with E-state index in [2.05, 4.69) is 0 Å². The summed E-state index contributed by atoms with van der Waals surface area (Å²) in [4.78, 5) is 13.9. The minimum atomic E-state index is -0.809. The second kappa shape index (κ2) is 5.25. The highest BCUT2D eigenvalue weighted by atomic mass is 19.1. The van der Waals surface area contributed by atoms with Crippen molar-refractivity contribution in [3.63, 3.8) is 0 Å². The third-order valence-corrected chi connectivity index (χ3v) is 3.73. The molecule has 3 nitrogen and oxygen atoms in total. The Bertz CT molecular complexity index is 504. The Morgan fingerprint density at radius 1 is 1.42 bits per heavy atom. The molecular formula is C14H18F2N2O. The molecule has 1 saturated heterocycles. The van der Waals surface area contributed by atoms with E-state index in [1.165, 1.54) is 13.0 Å². The summed E-state index contributed by atoms with van der Waals surface area (Å²) >= 11 is 0. The number of likely N-dealkylation sites (tertiary alicyclic amines) is 1. The van der Waals surface area contributed by atoms with E-state index in [0.29, 0.717) is 13.1 Å². The molecule has 0 bridgehead atoms. The van der Waals surface area contributed by atoms with Crippen LogP contribution in [0.3, 0.4) is 0 Å². The third-order valence-electron chi connectivity index (χ3n) is 3.73. The number of aryl methyl sites for hydroxylation is 1. The van der Waals surface area contributed by atoms with Gasteiger partial charge in [0.2, 0.25) is 0 Å². The van der Waals surface area contributed by atoms with Gasteiger partial charge < -0.3 is 10.6 Å². The number of nitrogens with two attached hydrogens (primary N) is 1. The van der Waals surface area contributed by atoms with Gasteiger partial charge in [-0.05, 0) is 44.4 Å². The van der Waals surface area contributed by atoms with E-state index in [4.69, 9.17) is 5.73 Å². The molecule has 2 unspecified atom stereocenters. The van der Waals surface area contributed by atoms with Gasteiger partial charge >= 0.3 is 0 Å². The Hall–Kier alpha value is -1.49. The predicted octanol–water partition coefficient (Wildman–Crippen LogP) is 2.08. The van der Waals surface area contributed by atoms with E-state index < -0.39 is 11.6 Å². The predicted molar refractivity (Wildman–Crippen MR) is 68.8 cm³/mol. The summed E-state index contributed by atoms with van der Waals surface area (Å²) in [7, 11) is 0. The number of rotatable bonds is 2. The van der Waals surface area contributed by atoms with Gasteiger partial charge in [0.15, 0.2) is 0 Å². The highest BCUT2D eigenvalue weighted by molar-refractivity contribution is 5.95. The van der Waals surface area contributed by atoms with Crippen molar-refractivity contribution in [1.82, 2.24) is 4.90 Å². The molecule has 0 aliphatic carbocycles. The molecule has 2 rings (SSSR count). The fourth-order valence-electron chi connectivity index (χ4n) is 2.57. The standard InChI is InChI=1S/C14H18F2N2O/c1-8-3-11(13(16)5-12(8)15)14(19)18-7-10(6-17)4-9(18)2/h3,5,9-10H,4,6-7,17H2,1-2H3. The van der Waals surface area contributed by atoms with Gasteiger partial charge in [-0.3, -0.25) is 4.79 Å². The van der Waals surface area contributed by atoms with Crippen LogP contribution < -0.4 is 5.73 Å². The van der Waals surface area contributed by atoms with Crippen LogP contribution in [0.5, 0.6) is 0 Å². The number of halogens is 2. The smallest absolute Gasteiger partial charge is 0.257 e. The van der Waals surface area contributed by atoms with E-state index in [1.54, 1.807) is 4.90 Å². The van der Waals surface area contributed by atoms with Crippen molar-refractivity contribution in [1.29, 1.82) is 0 Å². The van der Waals surface area contributed by atoms with Gasteiger partial charge in [-0.1, -0.05) is 0 Å². The summed E-state index contributed by atoms with van der Waals surface area (Å²) in [5.74, 6) is -1.58.